The number of guanidine groups is 1. The highest BCUT2D eigenvalue weighted by atomic mass is 127. The molecule has 0 saturated heterocycles. The molecule has 2 aromatic heterocycles. The van der Waals surface area contributed by atoms with E-state index in [1.165, 1.54) is 0 Å². The molecule has 0 amide bonds. The molecular weight excluding hydrogens is 441 g/mol. The molecule has 9 heteroatoms. The summed E-state index contributed by atoms with van der Waals surface area (Å²) >= 11 is 5.78. The summed E-state index contributed by atoms with van der Waals surface area (Å²) in [5.74, 6) is 1.76. The SMILES string of the molecule is CCNC(=NCc1ccc(Cl)nc1)NCCn1cnnc1CC.I. The Morgan fingerprint density at radius 3 is 2.79 bits per heavy atom. The molecule has 0 saturated carbocycles. The van der Waals surface area contributed by atoms with Crippen molar-refractivity contribution in [3.05, 3.63) is 41.2 Å². The van der Waals surface area contributed by atoms with Crippen molar-refractivity contribution >= 4 is 41.5 Å². The van der Waals surface area contributed by atoms with Crippen LogP contribution in [-0.2, 0) is 19.5 Å². The second kappa shape index (κ2) is 11.2. The van der Waals surface area contributed by atoms with E-state index in [9.17, 15) is 0 Å². The van der Waals surface area contributed by atoms with Crippen LogP contribution in [0.5, 0.6) is 0 Å². The van der Waals surface area contributed by atoms with Gasteiger partial charge in [-0.1, -0.05) is 24.6 Å². The van der Waals surface area contributed by atoms with E-state index in [0.29, 0.717) is 11.7 Å². The minimum Gasteiger partial charge on any atom is -0.357 e. The van der Waals surface area contributed by atoms with Crippen molar-refractivity contribution in [1.29, 1.82) is 0 Å². The number of aryl methyl sites for hydroxylation is 1. The molecule has 24 heavy (non-hydrogen) atoms. The van der Waals surface area contributed by atoms with Crippen LogP contribution >= 0.6 is 35.6 Å². The second-order valence-corrected chi connectivity index (χ2v) is 5.29. The standard InChI is InChI=1S/C15H22ClN7.HI/c1-3-14-22-21-11-23(14)8-7-18-15(17-4-2)20-10-12-5-6-13(16)19-9-12;/h5-6,9,11H,3-4,7-8,10H2,1-2H3,(H2,17,18,20);1H. The number of aromatic nitrogens is 4. The Labute approximate surface area is 164 Å². The van der Waals surface area contributed by atoms with Crippen molar-refractivity contribution in [2.24, 2.45) is 4.99 Å². The van der Waals surface area contributed by atoms with Crippen LogP contribution in [0.4, 0.5) is 0 Å². The first-order valence-electron chi connectivity index (χ1n) is 7.72. The van der Waals surface area contributed by atoms with Gasteiger partial charge in [-0.05, 0) is 18.6 Å². The molecule has 0 aliphatic rings. The van der Waals surface area contributed by atoms with Crippen LogP contribution in [0.3, 0.4) is 0 Å². The zero-order valence-corrected chi connectivity index (χ0v) is 17.0. The van der Waals surface area contributed by atoms with Gasteiger partial charge in [-0.2, -0.15) is 0 Å². The number of hydrogen-bond donors (Lipinski definition) is 2. The Morgan fingerprint density at radius 1 is 1.29 bits per heavy atom. The van der Waals surface area contributed by atoms with Crippen LogP contribution in [0, 0.1) is 0 Å². The highest BCUT2D eigenvalue weighted by molar-refractivity contribution is 14.0. The average molecular weight is 464 g/mol. The summed E-state index contributed by atoms with van der Waals surface area (Å²) in [6.07, 6.45) is 4.36. The molecule has 7 nitrogen and oxygen atoms in total. The zero-order chi connectivity index (χ0) is 16.5. The molecule has 0 fully saturated rings. The van der Waals surface area contributed by atoms with E-state index in [2.05, 4.69) is 37.7 Å². The van der Waals surface area contributed by atoms with Gasteiger partial charge in [0, 0.05) is 32.3 Å². The third-order valence-electron chi connectivity index (χ3n) is 3.21. The van der Waals surface area contributed by atoms with Crippen LogP contribution in [-0.4, -0.2) is 38.8 Å². The van der Waals surface area contributed by atoms with Crippen molar-refractivity contribution in [3.63, 3.8) is 0 Å². The van der Waals surface area contributed by atoms with Crippen LogP contribution in [0.1, 0.15) is 25.2 Å². The van der Waals surface area contributed by atoms with Gasteiger partial charge < -0.3 is 15.2 Å². The van der Waals surface area contributed by atoms with Gasteiger partial charge in [0.2, 0.25) is 0 Å². The lowest BCUT2D eigenvalue weighted by Crippen LogP contribution is -2.38. The molecule has 0 bridgehead atoms. The lowest BCUT2D eigenvalue weighted by atomic mass is 10.3. The summed E-state index contributed by atoms with van der Waals surface area (Å²) in [6.45, 7) is 7.00. The van der Waals surface area contributed by atoms with Gasteiger partial charge in [-0.25, -0.2) is 9.98 Å². The molecule has 2 aromatic rings. The Bertz CT molecular complexity index is 627. The Kier molecular flexibility index (Phi) is 9.62. The molecule has 2 heterocycles. The molecule has 0 spiro atoms. The van der Waals surface area contributed by atoms with Crippen molar-refractivity contribution < 1.29 is 0 Å². The number of nitrogens with one attached hydrogen (secondary N) is 2. The normalized spacial score (nSPS) is 11.0. The van der Waals surface area contributed by atoms with Crippen LogP contribution < -0.4 is 10.6 Å². The van der Waals surface area contributed by atoms with Gasteiger partial charge >= 0.3 is 0 Å². The first-order valence-corrected chi connectivity index (χ1v) is 8.10. The number of halogens is 2. The van der Waals surface area contributed by atoms with Gasteiger partial charge in [0.1, 0.15) is 17.3 Å². The summed E-state index contributed by atoms with van der Waals surface area (Å²) in [5.41, 5.74) is 1.01. The van der Waals surface area contributed by atoms with Gasteiger partial charge in [-0.15, -0.1) is 34.2 Å². The molecule has 2 rings (SSSR count). The molecule has 132 valence electrons. The third-order valence-corrected chi connectivity index (χ3v) is 3.43. The van der Waals surface area contributed by atoms with E-state index in [-0.39, 0.29) is 24.0 Å². The molecule has 0 aliphatic carbocycles. The van der Waals surface area contributed by atoms with E-state index in [0.717, 1.165) is 43.4 Å². The van der Waals surface area contributed by atoms with Gasteiger partial charge in [-0.3, -0.25) is 0 Å². The Hall–Kier alpha value is -1.42. The fourth-order valence-electron chi connectivity index (χ4n) is 2.05. The topological polar surface area (TPSA) is 80.0 Å². The largest absolute Gasteiger partial charge is 0.357 e. The van der Waals surface area contributed by atoms with E-state index in [4.69, 9.17) is 11.6 Å². The third kappa shape index (κ3) is 6.60. The number of pyridine rings is 1. The minimum atomic E-state index is 0. The summed E-state index contributed by atoms with van der Waals surface area (Å²) in [6, 6.07) is 3.69. The first kappa shape index (κ1) is 20.6. The molecular formula is C15H23ClIN7. The minimum absolute atomic E-state index is 0. The van der Waals surface area contributed by atoms with Crippen molar-refractivity contribution in [2.75, 3.05) is 13.1 Å². The number of aliphatic imine (C=N–C) groups is 1. The number of hydrogen-bond acceptors (Lipinski definition) is 4. The quantitative estimate of drug-likeness (QED) is 0.285. The highest BCUT2D eigenvalue weighted by Gasteiger charge is 2.02. The molecule has 0 aliphatic heterocycles. The maximum atomic E-state index is 5.78. The van der Waals surface area contributed by atoms with Gasteiger partial charge in [0.15, 0.2) is 5.96 Å². The van der Waals surface area contributed by atoms with E-state index >= 15 is 0 Å². The Morgan fingerprint density at radius 2 is 2.12 bits per heavy atom. The predicted molar refractivity (Wildman–Crippen MR) is 107 cm³/mol. The summed E-state index contributed by atoms with van der Waals surface area (Å²) < 4.78 is 2.04. The van der Waals surface area contributed by atoms with Crippen LogP contribution in [0.25, 0.3) is 0 Å². The van der Waals surface area contributed by atoms with E-state index in [1.54, 1.807) is 18.6 Å². The maximum Gasteiger partial charge on any atom is 0.191 e. The Balaban J connectivity index is 0.00000288. The average Bonchev–Trinajstić information content (AvgIpc) is 3.01. The lowest BCUT2D eigenvalue weighted by Gasteiger charge is -2.12. The molecule has 0 atom stereocenters. The molecule has 2 N–H and O–H groups in total. The fraction of sp³-hybridized carbons (Fsp3) is 0.467. The van der Waals surface area contributed by atoms with E-state index in [1.807, 2.05) is 17.6 Å². The summed E-state index contributed by atoms with van der Waals surface area (Å²) in [7, 11) is 0. The maximum absolute atomic E-state index is 5.78. The number of rotatable bonds is 7. The summed E-state index contributed by atoms with van der Waals surface area (Å²) in [5, 5.41) is 15.0. The lowest BCUT2D eigenvalue weighted by molar-refractivity contribution is 0.632. The predicted octanol–water partition coefficient (Wildman–Crippen LogP) is 2.26. The monoisotopic (exact) mass is 463 g/mol. The summed E-state index contributed by atoms with van der Waals surface area (Å²) in [4.78, 5) is 8.60. The highest BCUT2D eigenvalue weighted by Crippen LogP contribution is 2.06. The van der Waals surface area contributed by atoms with Gasteiger partial charge in [0.25, 0.3) is 0 Å². The molecule has 0 aromatic carbocycles. The zero-order valence-electron chi connectivity index (χ0n) is 13.9. The van der Waals surface area contributed by atoms with Crippen molar-refractivity contribution in [3.8, 4) is 0 Å². The van der Waals surface area contributed by atoms with E-state index < -0.39 is 0 Å². The molecule has 0 radical (unpaired) electrons. The number of nitrogens with zero attached hydrogens (tertiary/aromatic N) is 5. The smallest absolute Gasteiger partial charge is 0.191 e. The first-order chi connectivity index (χ1) is 11.2. The van der Waals surface area contributed by atoms with Crippen LogP contribution in [0.15, 0.2) is 29.6 Å². The van der Waals surface area contributed by atoms with Crippen molar-refractivity contribution in [1.82, 2.24) is 30.4 Å². The molecule has 0 unspecified atom stereocenters. The second-order valence-electron chi connectivity index (χ2n) is 4.91. The van der Waals surface area contributed by atoms with Gasteiger partial charge in [0.05, 0.1) is 6.54 Å². The van der Waals surface area contributed by atoms with Crippen LogP contribution in [0.2, 0.25) is 5.15 Å². The fourth-order valence-corrected chi connectivity index (χ4v) is 2.16. The van der Waals surface area contributed by atoms with Crippen molar-refractivity contribution in [2.45, 2.75) is 33.4 Å².